The summed E-state index contributed by atoms with van der Waals surface area (Å²) in [4.78, 5) is 16.2. The second-order valence-electron chi connectivity index (χ2n) is 10.8. The summed E-state index contributed by atoms with van der Waals surface area (Å²) in [6.07, 6.45) is 3.02. The van der Waals surface area contributed by atoms with Crippen molar-refractivity contribution in [2.75, 3.05) is 4.90 Å². The Morgan fingerprint density at radius 2 is 0.957 bits per heavy atom. The lowest BCUT2D eigenvalue weighted by molar-refractivity contribution is 1.07. The van der Waals surface area contributed by atoms with Crippen molar-refractivity contribution in [3.8, 4) is 34.2 Å². The molecule has 0 N–H and O–H groups in total. The molecule has 0 aliphatic carbocycles. The van der Waals surface area contributed by atoms with Gasteiger partial charge in [0.25, 0.3) is 0 Å². The van der Waals surface area contributed by atoms with E-state index in [0.29, 0.717) is 17.5 Å². The molecular weight excluding hydrogens is 560 g/mol. The van der Waals surface area contributed by atoms with Crippen molar-refractivity contribution in [2.45, 2.75) is 34.1 Å². The third-order valence-electron chi connectivity index (χ3n) is 6.81. The number of hydrogen-bond donors (Lipinski definition) is 0. The van der Waals surface area contributed by atoms with Crippen LogP contribution in [-0.2, 0) is 0 Å². The van der Waals surface area contributed by atoms with Crippen molar-refractivity contribution in [3.05, 3.63) is 176 Å². The molecule has 0 fully saturated rings. The summed E-state index contributed by atoms with van der Waals surface area (Å²) in [5, 5.41) is 0. The number of aromatic nitrogens is 3. The first-order chi connectivity index (χ1) is 22.4. The molecule has 1 aromatic heterocycles. The van der Waals surface area contributed by atoms with Gasteiger partial charge in [0.15, 0.2) is 17.5 Å². The molecule has 4 heteroatoms. The molecule has 0 aliphatic heterocycles. The van der Waals surface area contributed by atoms with Crippen molar-refractivity contribution < 1.29 is 0 Å². The fourth-order valence-electron chi connectivity index (χ4n) is 4.56. The molecule has 6 rings (SSSR count). The first kappa shape index (κ1) is 33.3. The van der Waals surface area contributed by atoms with Crippen LogP contribution in [0, 0.1) is 13.8 Å². The van der Waals surface area contributed by atoms with Crippen LogP contribution < -0.4 is 4.90 Å². The fourth-order valence-corrected chi connectivity index (χ4v) is 4.56. The molecule has 0 atom stereocenters. The van der Waals surface area contributed by atoms with Crippen molar-refractivity contribution >= 4 is 11.4 Å². The lowest BCUT2D eigenvalue weighted by Gasteiger charge is -2.25. The molecule has 0 bridgehead atoms. The largest absolute Gasteiger partial charge is 0.311 e. The maximum Gasteiger partial charge on any atom is 0.164 e. The summed E-state index contributed by atoms with van der Waals surface area (Å²) in [5.41, 5.74) is 8.45. The summed E-state index contributed by atoms with van der Waals surface area (Å²) in [6.45, 7) is 16.3. The van der Waals surface area contributed by atoms with Gasteiger partial charge in [-0.1, -0.05) is 154 Å². The minimum Gasteiger partial charge on any atom is -0.311 e. The normalized spacial score (nSPS) is 10.0. The molecule has 6 aromatic rings. The van der Waals surface area contributed by atoms with Gasteiger partial charge in [0.05, 0.1) is 0 Å². The predicted octanol–water partition coefficient (Wildman–Crippen LogP) is 11.4. The molecule has 0 aliphatic rings. The zero-order valence-electron chi connectivity index (χ0n) is 27.3. The third kappa shape index (κ3) is 9.20. The van der Waals surface area contributed by atoms with Gasteiger partial charge in [-0.05, 0) is 49.8 Å². The number of nitrogens with zero attached hydrogens (tertiary/aromatic N) is 4. The van der Waals surface area contributed by atoms with Gasteiger partial charge in [-0.15, -0.1) is 0 Å². The van der Waals surface area contributed by atoms with Gasteiger partial charge in [0, 0.05) is 33.8 Å². The number of para-hydroxylation sites is 1. The maximum atomic E-state index is 4.71. The van der Waals surface area contributed by atoms with Crippen LogP contribution in [0.15, 0.2) is 164 Å². The highest BCUT2D eigenvalue weighted by Gasteiger charge is 2.12. The van der Waals surface area contributed by atoms with E-state index in [1.807, 2.05) is 91.0 Å². The molecule has 0 amide bonds. The molecule has 4 nitrogen and oxygen atoms in total. The van der Waals surface area contributed by atoms with E-state index in [1.54, 1.807) is 6.08 Å². The Hall–Kier alpha value is -5.61. The highest BCUT2D eigenvalue weighted by molar-refractivity contribution is 5.70. The highest BCUT2D eigenvalue weighted by atomic mass is 15.1. The van der Waals surface area contributed by atoms with E-state index < -0.39 is 0 Å². The number of anilines is 2. The van der Waals surface area contributed by atoms with Crippen LogP contribution in [0.3, 0.4) is 0 Å². The minimum absolute atomic E-state index is 0.685. The average Bonchev–Trinajstić information content (AvgIpc) is 3.10. The quantitative estimate of drug-likeness (QED) is 0.170. The molecule has 1 heterocycles. The van der Waals surface area contributed by atoms with Crippen molar-refractivity contribution in [1.29, 1.82) is 0 Å². The van der Waals surface area contributed by atoms with Gasteiger partial charge >= 0.3 is 0 Å². The minimum atomic E-state index is 0.685. The van der Waals surface area contributed by atoms with Crippen LogP contribution >= 0.6 is 0 Å². The zero-order valence-corrected chi connectivity index (χ0v) is 27.3. The SMILES string of the molecule is C=CC(=C)N(c1ccccc1)c1cccc(C)c1.CCC.Cc1ccc(-c2nc(-c3ccccc3)nc(-c3ccccc3)n2)cc1. The van der Waals surface area contributed by atoms with Crippen LogP contribution in [0.25, 0.3) is 34.2 Å². The zero-order chi connectivity index (χ0) is 32.7. The van der Waals surface area contributed by atoms with E-state index in [1.165, 1.54) is 17.5 Å². The lowest BCUT2D eigenvalue weighted by Crippen LogP contribution is -2.13. The maximum absolute atomic E-state index is 4.71. The number of benzene rings is 5. The summed E-state index contributed by atoms with van der Waals surface area (Å²) >= 11 is 0. The van der Waals surface area contributed by atoms with Crippen molar-refractivity contribution in [3.63, 3.8) is 0 Å². The molecule has 0 saturated carbocycles. The molecule has 0 spiro atoms. The molecule has 0 radical (unpaired) electrons. The Labute approximate surface area is 274 Å². The Morgan fingerprint density at radius 3 is 1.39 bits per heavy atom. The smallest absolute Gasteiger partial charge is 0.164 e. The van der Waals surface area contributed by atoms with E-state index in [9.17, 15) is 0 Å². The molecular formula is C42H42N4. The molecule has 0 saturated heterocycles. The molecule has 0 unspecified atom stereocenters. The summed E-state index contributed by atoms with van der Waals surface area (Å²) in [7, 11) is 0. The van der Waals surface area contributed by atoms with Gasteiger partial charge in [-0.3, -0.25) is 0 Å². The highest BCUT2D eigenvalue weighted by Crippen LogP contribution is 2.30. The Morgan fingerprint density at radius 1 is 0.543 bits per heavy atom. The van der Waals surface area contributed by atoms with Crippen LogP contribution in [0.2, 0.25) is 0 Å². The van der Waals surface area contributed by atoms with Crippen LogP contribution in [0.5, 0.6) is 0 Å². The Kier molecular flexibility index (Phi) is 12.3. The summed E-state index contributed by atoms with van der Waals surface area (Å²) in [5.74, 6) is 2.06. The first-order valence-electron chi connectivity index (χ1n) is 15.6. The number of rotatable bonds is 7. The van der Waals surface area contributed by atoms with Crippen molar-refractivity contribution in [2.24, 2.45) is 0 Å². The number of allylic oxidation sites excluding steroid dienone is 1. The Bertz CT molecular complexity index is 1760. The lowest BCUT2D eigenvalue weighted by atomic mass is 10.1. The van der Waals surface area contributed by atoms with E-state index in [2.05, 4.69) is 94.3 Å². The van der Waals surface area contributed by atoms with Crippen molar-refractivity contribution in [1.82, 2.24) is 15.0 Å². The predicted molar refractivity (Wildman–Crippen MR) is 196 cm³/mol. The van der Waals surface area contributed by atoms with Gasteiger partial charge in [-0.25, -0.2) is 15.0 Å². The van der Waals surface area contributed by atoms with Gasteiger partial charge in [0.1, 0.15) is 0 Å². The molecule has 46 heavy (non-hydrogen) atoms. The second kappa shape index (κ2) is 17.0. The van der Waals surface area contributed by atoms with Gasteiger partial charge in [0.2, 0.25) is 0 Å². The van der Waals surface area contributed by atoms with E-state index in [0.717, 1.165) is 33.8 Å². The fraction of sp³-hybridized carbons (Fsp3) is 0.119. The van der Waals surface area contributed by atoms with E-state index >= 15 is 0 Å². The van der Waals surface area contributed by atoms with Crippen LogP contribution in [0.1, 0.15) is 31.4 Å². The first-order valence-corrected chi connectivity index (χ1v) is 15.6. The molecule has 230 valence electrons. The van der Waals surface area contributed by atoms with Gasteiger partial charge < -0.3 is 4.90 Å². The molecule has 5 aromatic carbocycles. The van der Waals surface area contributed by atoms with E-state index in [-0.39, 0.29) is 0 Å². The monoisotopic (exact) mass is 602 g/mol. The summed E-state index contributed by atoms with van der Waals surface area (Å²) in [6, 6.07) is 46.8. The third-order valence-corrected chi connectivity index (χ3v) is 6.81. The average molecular weight is 603 g/mol. The number of hydrogen-bond acceptors (Lipinski definition) is 4. The van der Waals surface area contributed by atoms with Crippen LogP contribution in [-0.4, -0.2) is 15.0 Å². The van der Waals surface area contributed by atoms with E-state index in [4.69, 9.17) is 15.0 Å². The Balaban J connectivity index is 0.000000202. The standard InChI is InChI=1S/C22H17N3.C17H17N.C3H8/c1-16-12-14-19(15-13-16)22-24-20(17-8-4-2-5-9-17)23-21(25-22)18-10-6-3-7-11-18;1-4-15(3)18(16-10-6-5-7-11-16)17-12-8-9-14(2)13-17;1-3-2/h2-15H,1H3;4-13H,1,3H2,2H3;3H2,1-2H3. The van der Waals surface area contributed by atoms with Gasteiger partial charge in [-0.2, -0.15) is 0 Å². The topological polar surface area (TPSA) is 41.9 Å². The second-order valence-corrected chi connectivity index (χ2v) is 10.8. The number of aryl methyl sites for hydroxylation is 2. The summed E-state index contributed by atoms with van der Waals surface area (Å²) < 4.78 is 0. The van der Waals surface area contributed by atoms with Crippen LogP contribution in [0.4, 0.5) is 11.4 Å².